The highest BCUT2D eigenvalue weighted by Gasteiger charge is 2.44. The zero-order valence-corrected chi connectivity index (χ0v) is 14.3. The van der Waals surface area contributed by atoms with Crippen molar-refractivity contribution in [3.05, 3.63) is 36.9 Å². The predicted octanol–water partition coefficient (Wildman–Crippen LogP) is -0.975. The summed E-state index contributed by atoms with van der Waals surface area (Å²) < 4.78 is 6.99. The number of hydrogen-bond acceptors (Lipinski definition) is 10. The Hall–Kier alpha value is -3.19. The molecule has 4 heterocycles. The number of imidazole rings is 1. The fourth-order valence-electron chi connectivity index (χ4n) is 3.19. The van der Waals surface area contributed by atoms with E-state index in [0.29, 0.717) is 22.2 Å². The molecule has 144 valence electrons. The van der Waals surface area contributed by atoms with Crippen molar-refractivity contribution in [3.8, 4) is 5.88 Å². The van der Waals surface area contributed by atoms with Crippen molar-refractivity contribution in [1.82, 2.24) is 34.7 Å². The van der Waals surface area contributed by atoms with Crippen LogP contribution in [0.15, 0.2) is 36.9 Å². The molecule has 12 nitrogen and oxygen atoms in total. The summed E-state index contributed by atoms with van der Waals surface area (Å²) in [5.41, 5.74) is 1.94. The highest BCUT2D eigenvalue weighted by Crippen LogP contribution is 2.32. The Kier molecular flexibility index (Phi) is 3.91. The van der Waals surface area contributed by atoms with Crippen LogP contribution >= 0.6 is 0 Å². The summed E-state index contributed by atoms with van der Waals surface area (Å²) >= 11 is 0. The van der Waals surface area contributed by atoms with Gasteiger partial charge in [0.2, 0.25) is 0 Å². The summed E-state index contributed by atoms with van der Waals surface area (Å²) in [6, 6.07) is 7.27. The van der Waals surface area contributed by atoms with Crippen molar-refractivity contribution in [1.29, 1.82) is 0 Å². The molecular formula is C16H15N7O5. The van der Waals surface area contributed by atoms with E-state index in [1.807, 2.05) is 12.1 Å². The van der Waals surface area contributed by atoms with Crippen LogP contribution in [0.2, 0.25) is 0 Å². The molecule has 0 amide bonds. The molecule has 4 atom stereocenters. The highest BCUT2D eigenvalue weighted by atomic mass is 16.7. The van der Waals surface area contributed by atoms with Gasteiger partial charge in [0.05, 0.1) is 12.9 Å². The molecule has 1 aliphatic rings. The quantitative estimate of drug-likeness (QED) is 0.399. The van der Waals surface area contributed by atoms with Crippen LogP contribution in [0.25, 0.3) is 22.2 Å². The largest absolute Gasteiger partial charge is 0.394 e. The molecule has 0 radical (unpaired) electrons. The van der Waals surface area contributed by atoms with Gasteiger partial charge in [-0.25, -0.2) is 9.97 Å². The molecule has 1 aromatic carbocycles. The van der Waals surface area contributed by atoms with Crippen LogP contribution in [-0.4, -0.2) is 74.9 Å². The van der Waals surface area contributed by atoms with Crippen molar-refractivity contribution in [2.75, 3.05) is 6.61 Å². The highest BCUT2D eigenvalue weighted by molar-refractivity contribution is 5.77. The van der Waals surface area contributed by atoms with Gasteiger partial charge in [-0.05, 0) is 17.3 Å². The third-order valence-electron chi connectivity index (χ3n) is 4.61. The maximum atomic E-state index is 10.3. The van der Waals surface area contributed by atoms with Crippen molar-refractivity contribution in [3.63, 3.8) is 0 Å². The molecule has 3 aromatic heterocycles. The Labute approximate surface area is 156 Å². The molecule has 0 unspecified atom stereocenters. The monoisotopic (exact) mass is 385 g/mol. The molecule has 28 heavy (non-hydrogen) atoms. The fraction of sp³-hybridized carbons (Fsp3) is 0.312. The Morgan fingerprint density at radius 3 is 2.79 bits per heavy atom. The first-order valence-electron chi connectivity index (χ1n) is 8.46. The number of benzene rings is 1. The SMILES string of the molecule is OC[C@H]1O[C@@H](n2cnc3c(On4nnc5ccccc54)ncnc32)[C@H](O)[C@@H]1O. The van der Waals surface area contributed by atoms with Crippen LogP contribution in [0.5, 0.6) is 5.88 Å². The molecule has 0 spiro atoms. The number of para-hydroxylation sites is 1. The Balaban J connectivity index is 1.53. The van der Waals surface area contributed by atoms with E-state index in [1.165, 1.54) is 22.1 Å². The summed E-state index contributed by atoms with van der Waals surface area (Å²) in [7, 11) is 0. The number of nitrogens with zero attached hydrogens (tertiary/aromatic N) is 7. The lowest BCUT2D eigenvalue weighted by molar-refractivity contribution is -0.0511. The smallest absolute Gasteiger partial charge is 0.280 e. The first kappa shape index (κ1) is 16.9. The molecule has 0 bridgehead atoms. The number of aromatic nitrogens is 7. The van der Waals surface area contributed by atoms with Crippen LogP contribution < -0.4 is 4.84 Å². The zero-order chi connectivity index (χ0) is 19.3. The normalized spacial score (nSPS) is 25.0. The molecule has 1 aliphatic heterocycles. The second kappa shape index (κ2) is 6.45. The molecular weight excluding hydrogens is 370 g/mol. The maximum Gasteiger partial charge on any atom is 0.280 e. The Morgan fingerprint density at radius 1 is 1.11 bits per heavy atom. The van der Waals surface area contributed by atoms with Gasteiger partial charge in [0.15, 0.2) is 17.4 Å². The van der Waals surface area contributed by atoms with Crippen molar-refractivity contribution < 1.29 is 24.9 Å². The van der Waals surface area contributed by atoms with E-state index in [9.17, 15) is 15.3 Å². The Morgan fingerprint density at radius 2 is 1.96 bits per heavy atom. The van der Waals surface area contributed by atoms with Crippen molar-refractivity contribution in [2.45, 2.75) is 24.5 Å². The molecule has 3 N–H and O–H groups in total. The van der Waals surface area contributed by atoms with Crippen molar-refractivity contribution >= 4 is 22.2 Å². The molecule has 4 aromatic rings. The molecule has 0 saturated carbocycles. The lowest BCUT2D eigenvalue weighted by atomic mass is 10.1. The first-order chi connectivity index (χ1) is 13.7. The van der Waals surface area contributed by atoms with Crippen LogP contribution in [0.3, 0.4) is 0 Å². The predicted molar refractivity (Wildman–Crippen MR) is 91.9 cm³/mol. The van der Waals surface area contributed by atoms with Gasteiger partial charge >= 0.3 is 0 Å². The molecule has 1 fully saturated rings. The second-order valence-corrected chi connectivity index (χ2v) is 6.27. The third-order valence-corrected chi connectivity index (χ3v) is 4.61. The Bertz CT molecular complexity index is 1140. The van der Waals surface area contributed by atoms with Gasteiger partial charge < -0.3 is 24.9 Å². The number of aliphatic hydroxyl groups excluding tert-OH is 3. The van der Waals surface area contributed by atoms with Crippen LogP contribution in [0, 0.1) is 0 Å². The molecule has 0 aliphatic carbocycles. The van der Waals surface area contributed by atoms with E-state index in [1.54, 1.807) is 12.1 Å². The van der Waals surface area contributed by atoms with Crippen LogP contribution in [0.1, 0.15) is 6.23 Å². The number of rotatable bonds is 4. The standard InChI is InChI=1S/C16H15N7O5/c24-5-10-12(25)13(26)16(27-10)22-7-19-11-14(22)17-6-18-15(11)28-23-9-4-2-1-3-8(9)20-21-23/h1-4,6-7,10,12-13,16,24-26H,5H2/t10-,12-,13-,16-/m1/s1. The topological polar surface area (TPSA) is 153 Å². The molecule has 5 rings (SSSR count). The van der Waals surface area contributed by atoms with Crippen LogP contribution in [0.4, 0.5) is 0 Å². The lowest BCUT2D eigenvalue weighted by Gasteiger charge is -2.16. The van der Waals surface area contributed by atoms with Gasteiger partial charge in [-0.2, -0.15) is 4.98 Å². The minimum Gasteiger partial charge on any atom is -0.394 e. The van der Waals surface area contributed by atoms with E-state index < -0.39 is 31.1 Å². The number of ether oxygens (including phenoxy) is 1. The summed E-state index contributed by atoms with van der Waals surface area (Å²) in [4.78, 5) is 19.5. The third kappa shape index (κ3) is 2.51. The zero-order valence-electron chi connectivity index (χ0n) is 14.3. The van der Waals surface area contributed by atoms with E-state index in [0.717, 1.165) is 0 Å². The summed E-state index contributed by atoms with van der Waals surface area (Å²) in [5, 5.41) is 37.5. The van der Waals surface area contributed by atoms with Crippen molar-refractivity contribution in [2.24, 2.45) is 0 Å². The van der Waals surface area contributed by atoms with Gasteiger partial charge in [-0.15, -0.1) is 5.10 Å². The van der Waals surface area contributed by atoms with Gasteiger partial charge in [0.1, 0.15) is 35.7 Å². The average molecular weight is 385 g/mol. The summed E-state index contributed by atoms with van der Waals surface area (Å²) in [6.45, 7) is -0.427. The fourth-order valence-corrected chi connectivity index (χ4v) is 3.19. The van der Waals surface area contributed by atoms with Gasteiger partial charge in [0.25, 0.3) is 5.88 Å². The van der Waals surface area contributed by atoms with E-state index >= 15 is 0 Å². The maximum absolute atomic E-state index is 10.3. The lowest BCUT2D eigenvalue weighted by Crippen LogP contribution is -2.33. The summed E-state index contributed by atoms with van der Waals surface area (Å²) in [6.07, 6.45) is -1.69. The minimum atomic E-state index is -1.26. The second-order valence-electron chi connectivity index (χ2n) is 6.27. The molecule has 1 saturated heterocycles. The van der Waals surface area contributed by atoms with Crippen LogP contribution in [-0.2, 0) is 4.74 Å². The minimum absolute atomic E-state index is 0.131. The number of hydrogen-bond donors (Lipinski definition) is 3. The summed E-state index contributed by atoms with van der Waals surface area (Å²) in [5.74, 6) is 0.131. The average Bonchev–Trinajstić information content (AvgIpc) is 3.40. The number of fused-ring (bicyclic) bond motifs is 2. The van der Waals surface area contributed by atoms with Gasteiger partial charge in [0, 0.05) is 0 Å². The van der Waals surface area contributed by atoms with Gasteiger partial charge in [-0.1, -0.05) is 17.0 Å². The number of aliphatic hydroxyl groups is 3. The first-order valence-corrected chi connectivity index (χ1v) is 8.46. The van der Waals surface area contributed by atoms with E-state index in [-0.39, 0.29) is 5.88 Å². The van der Waals surface area contributed by atoms with Gasteiger partial charge in [-0.3, -0.25) is 4.57 Å². The van der Waals surface area contributed by atoms with E-state index in [4.69, 9.17) is 9.57 Å². The van der Waals surface area contributed by atoms with E-state index in [2.05, 4.69) is 25.3 Å². The molecule has 12 heteroatoms.